The number of aromatic nitrogens is 2. The van der Waals surface area contributed by atoms with Gasteiger partial charge in [-0.1, -0.05) is 0 Å². The Balaban J connectivity index is 1.19. The average Bonchev–Trinajstić information content (AvgIpc) is 3.53. The number of H-pyrrole nitrogens is 1. The second-order valence-electron chi connectivity index (χ2n) is 9.82. The molecule has 36 heavy (non-hydrogen) atoms. The number of carbonyl (C=O) groups excluding carboxylic acids is 1. The maximum Gasteiger partial charge on any atom is 0.246 e. The van der Waals surface area contributed by atoms with Gasteiger partial charge in [0.15, 0.2) is 0 Å². The minimum Gasteiger partial charge on any atom is -0.490 e. The summed E-state index contributed by atoms with van der Waals surface area (Å²) in [6.07, 6.45) is 3.53. The Morgan fingerprint density at radius 1 is 1.11 bits per heavy atom. The molecule has 1 unspecified atom stereocenters. The number of rotatable bonds is 7. The van der Waals surface area contributed by atoms with Gasteiger partial charge in [-0.2, -0.15) is 16.4 Å². The standard InChI is InChI=1S/C28H31N5O2S/c1-32-14-9-23(10-15-32)35-22-6-3-19(4-7-22)26-24-17-21(5-8-25(24)30-31-26)29-28(34)27(33-12-2-13-33)20-11-16-36-18-20/h3-8,11,16-18,23,27H,2,9-10,12-15H2,1H3,(H,29,34)(H,30,31). The first-order valence-electron chi connectivity index (χ1n) is 12.6. The molecule has 1 atom stereocenters. The van der Waals surface area contributed by atoms with Crippen LogP contribution in [-0.4, -0.2) is 65.2 Å². The van der Waals surface area contributed by atoms with Crippen LogP contribution >= 0.6 is 11.3 Å². The van der Waals surface area contributed by atoms with Gasteiger partial charge in [-0.15, -0.1) is 0 Å². The van der Waals surface area contributed by atoms with E-state index in [1.165, 1.54) is 0 Å². The van der Waals surface area contributed by atoms with E-state index < -0.39 is 0 Å². The lowest BCUT2D eigenvalue weighted by Crippen LogP contribution is -2.45. The van der Waals surface area contributed by atoms with E-state index in [2.05, 4.69) is 49.9 Å². The number of thiophene rings is 1. The van der Waals surface area contributed by atoms with Crippen molar-refractivity contribution in [1.29, 1.82) is 0 Å². The molecular weight excluding hydrogens is 470 g/mol. The van der Waals surface area contributed by atoms with Gasteiger partial charge in [0.1, 0.15) is 17.9 Å². The molecule has 0 radical (unpaired) electrons. The number of hydrogen-bond donors (Lipinski definition) is 2. The lowest BCUT2D eigenvalue weighted by Gasteiger charge is -2.37. The Kier molecular flexibility index (Phi) is 6.48. The zero-order valence-electron chi connectivity index (χ0n) is 20.4. The van der Waals surface area contributed by atoms with Crippen LogP contribution in [0.4, 0.5) is 5.69 Å². The molecule has 8 heteroatoms. The molecule has 4 heterocycles. The van der Waals surface area contributed by atoms with Crippen LogP contribution < -0.4 is 10.1 Å². The van der Waals surface area contributed by atoms with Crippen LogP contribution in [0.5, 0.6) is 5.75 Å². The van der Waals surface area contributed by atoms with Gasteiger partial charge >= 0.3 is 0 Å². The first-order chi connectivity index (χ1) is 17.6. The van der Waals surface area contributed by atoms with E-state index in [-0.39, 0.29) is 18.1 Å². The van der Waals surface area contributed by atoms with Crippen LogP contribution in [0.3, 0.4) is 0 Å². The minimum atomic E-state index is -0.248. The number of hydrogen-bond acceptors (Lipinski definition) is 6. The molecule has 2 N–H and O–H groups in total. The molecule has 2 aliphatic rings. The summed E-state index contributed by atoms with van der Waals surface area (Å²) in [5.74, 6) is 0.902. The third-order valence-electron chi connectivity index (χ3n) is 7.29. The van der Waals surface area contributed by atoms with Gasteiger partial charge in [0.05, 0.1) is 11.2 Å². The summed E-state index contributed by atoms with van der Waals surface area (Å²) < 4.78 is 6.21. The van der Waals surface area contributed by atoms with Crippen molar-refractivity contribution in [3.05, 3.63) is 64.9 Å². The Labute approximate surface area is 215 Å². The molecule has 7 nitrogen and oxygen atoms in total. The zero-order chi connectivity index (χ0) is 24.5. The van der Waals surface area contributed by atoms with Crippen molar-refractivity contribution in [2.24, 2.45) is 0 Å². The number of piperidine rings is 1. The van der Waals surface area contributed by atoms with Gasteiger partial charge in [-0.05, 0) is 91.2 Å². The zero-order valence-corrected chi connectivity index (χ0v) is 21.3. The maximum absolute atomic E-state index is 13.3. The second-order valence-corrected chi connectivity index (χ2v) is 10.6. The van der Waals surface area contributed by atoms with E-state index in [4.69, 9.17) is 4.74 Å². The van der Waals surface area contributed by atoms with Crippen molar-refractivity contribution in [1.82, 2.24) is 20.0 Å². The lowest BCUT2D eigenvalue weighted by molar-refractivity contribution is -0.123. The van der Waals surface area contributed by atoms with Gasteiger partial charge in [0, 0.05) is 42.8 Å². The summed E-state index contributed by atoms with van der Waals surface area (Å²) in [5, 5.41) is 15.9. The Morgan fingerprint density at radius 2 is 1.92 bits per heavy atom. The molecule has 2 aliphatic heterocycles. The van der Waals surface area contributed by atoms with Crippen molar-refractivity contribution < 1.29 is 9.53 Å². The van der Waals surface area contributed by atoms with Crippen LogP contribution in [0.25, 0.3) is 22.2 Å². The summed E-state index contributed by atoms with van der Waals surface area (Å²) in [4.78, 5) is 17.9. The molecule has 2 saturated heterocycles. The highest BCUT2D eigenvalue weighted by atomic mass is 32.1. The topological polar surface area (TPSA) is 73.5 Å². The van der Waals surface area contributed by atoms with Gasteiger partial charge in [-0.3, -0.25) is 14.8 Å². The molecule has 4 aromatic rings. The molecule has 2 aromatic carbocycles. The Bertz CT molecular complexity index is 1320. The summed E-state index contributed by atoms with van der Waals surface area (Å²) in [5.41, 5.74) is 4.65. The van der Waals surface area contributed by atoms with E-state index in [9.17, 15) is 4.79 Å². The van der Waals surface area contributed by atoms with E-state index >= 15 is 0 Å². The first-order valence-corrected chi connectivity index (χ1v) is 13.6. The van der Waals surface area contributed by atoms with Crippen molar-refractivity contribution in [3.63, 3.8) is 0 Å². The normalized spacial score (nSPS) is 18.1. The molecule has 0 saturated carbocycles. The summed E-state index contributed by atoms with van der Waals surface area (Å²) in [6.45, 7) is 4.06. The number of nitrogens with zero attached hydrogens (tertiary/aromatic N) is 3. The number of likely N-dealkylation sites (tertiary alicyclic amines) is 2. The van der Waals surface area contributed by atoms with Crippen LogP contribution in [0.2, 0.25) is 0 Å². The molecule has 6 rings (SSSR count). The number of anilines is 1. The summed E-state index contributed by atoms with van der Waals surface area (Å²) in [6, 6.07) is 15.9. The molecule has 0 aliphatic carbocycles. The predicted molar refractivity (Wildman–Crippen MR) is 145 cm³/mol. The highest BCUT2D eigenvalue weighted by Crippen LogP contribution is 2.32. The number of carbonyl (C=O) groups is 1. The number of amides is 1. The smallest absolute Gasteiger partial charge is 0.246 e. The van der Waals surface area contributed by atoms with Crippen LogP contribution in [0.1, 0.15) is 30.9 Å². The van der Waals surface area contributed by atoms with Gasteiger partial charge in [-0.25, -0.2) is 0 Å². The van der Waals surface area contributed by atoms with Crippen molar-refractivity contribution in [3.8, 4) is 17.0 Å². The fraction of sp³-hybridized carbons (Fsp3) is 0.357. The molecule has 2 aromatic heterocycles. The SMILES string of the molecule is CN1CCC(Oc2ccc(-c3n[nH]c4ccc(NC(=O)C(c5ccsc5)N5CCC5)cc34)cc2)CC1. The first kappa shape index (κ1) is 23.2. The van der Waals surface area contributed by atoms with E-state index in [0.717, 1.165) is 84.6 Å². The maximum atomic E-state index is 13.3. The highest BCUT2D eigenvalue weighted by molar-refractivity contribution is 7.08. The summed E-state index contributed by atoms with van der Waals surface area (Å²) >= 11 is 1.63. The number of aromatic amines is 1. The number of benzene rings is 2. The summed E-state index contributed by atoms with van der Waals surface area (Å²) in [7, 11) is 2.16. The largest absolute Gasteiger partial charge is 0.490 e. The average molecular weight is 502 g/mol. The molecule has 2 fully saturated rings. The monoisotopic (exact) mass is 501 g/mol. The Morgan fingerprint density at radius 3 is 2.61 bits per heavy atom. The van der Waals surface area contributed by atoms with Crippen molar-refractivity contribution in [2.75, 3.05) is 38.5 Å². The number of fused-ring (bicyclic) bond motifs is 1. The molecule has 0 spiro atoms. The fourth-order valence-corrected chi connectivity index (χ4v) is 5.75. The lowest BCUT2D eigenvalue weighted by atomic mass is 10.0. The minimum absolute atomic E-state index is 0.00732. The van der Waals surface area contributed by atoms with Crippen molar-refractivity contribution in [2.45, 2.75) is 31.4 Å². The van der Waals surface area contributed by atoms with E-state index in [1.54, 1.807) is 11.3 Å². The third kappa shape index (κ3) is 4.76. The molecule has 186 valence electrons. The van der Waals surface area contributed by atoms with Crippen LogP contribution in [0, 0.1) is 0 Å². The Hall–Kier alpha value is -3.20. The van der Waals surface area contributed by atoms with Crippen LogP contribution in [0.15, 0.2) is 59.3 Å². The quantitative estimate of drug-likeness (QED) is 0.366. The number of ether oxygens (including phenoxy) is 1. The van der Waals surface area contributed by atoms with Gasteiger partial charge in [0.25, 0.3) is 0 Å². The molecule has 1 amide bonds. The van der Waals surface area contributed by atoms with E-state index in [0.29, 0.717) is 0 Å². The van der Waals surface area contributed by atoms with E-state index in [1.807, 2.05) is 41.8 Å². The third-order valence-corrected chi connectivity index (χ3v) is 7.99. The van der Waals surface area contributed by atoms with Crippen molar-refractivity contribution >= 4 is 33.8 Å². The fourth-order valence-electron chi connectivity index (χ4n) is 5.07. The predicted octanol–water partition coefficient (Wildman–Crippen LogP) is 5.15. The highest BCUT2D eigenvalue weighted by Gasteiger charge is 2.31. The van der Waals surface area contributed by atoms with Crippen LogP contribution in [-0.2, 0) is 4.79 Å². The van der Waals surface area contributed by atoms with Gasteiger partial charge < -0.3 is 15.0 Å². The molecule has 0 bridgehead atoms. The number of nitrogens with one attached hydrogen (secondary N) is 2. The van der Waals surface area contributed by atoms with Gasteiger partial charge in [0.2, 0.25) is 5.91 Å². The second kappa shape index (κ2) is 10.0. The molecular formula is C28H31N5O2S.